The molecule has 0 saturated carbocycles. The van der Waals surface area contributed by atoms with Crippen molar-refractivity contribution in [3.05, 3.63) is 29.8 Å². The first-order chi connectivity index (χ1) is 12.2. The fourth-order valence-electron chi connectivity index (χ4n) is 2.34. The summed E-state index contributed by atoms with van der Waals surface area (Å²) in [5, 5.41) is 6.60. The van der Waals surface area contributed by atoms with E-state index >= 15 is 0 Å². The maximum Gasteiger partial charge on any atom is 0.305 e. The third-order valence-corrected chi connectivity index (χ3v) is 3.75. The Balaban J connectivity index is 2.10. The van der Waals surface area contributed by atoms with Crippen molar-refractivity contribution in [3.8, 4) is 5.75 Å². The van der Waals surface area contributed by atoms with Gasteiger partial charge in [0.05, 0.1) is 13.7 Å². The van der Waals surface area contributed by atoms with Crippen molar-refractivity contribution in [1.29, 1.82) is 0 Å². The molecule has 0 aromatic heterocycles. The number of methoxy groups -OCH3 is 1. The lowest BCUT2D eigenvalue weighted by molar-refractivity contribution is -0.143. The largest absolute Gasteiger partial charge is 0.497 e. The second-order valence-corrected chi connectivity index (χ2v) is 5.67. The van der Waals surface area contributed by atoms with E-state index in [1.54, 1.807) is 14.2 Å². The van der Waals surface area contributed by atoms with Crippen LogP contribution in [0.1, 0.15) is 44.6 Å². The van der Waals surface area contributed by atoms with E-state index in [0.29, 0.717) is 19.6 Å². The van der Waals surface area contributed by atoms with Crippen molar-refractivity contribution >= 4 is 11.9 Å². The van der Waals surface area contributed by atoms with Crippen LogP contribution in [0.25, 0.3) is 0 Å². The summed E-state index contributed by atoms with van der Waals surface area (Å²) in [6.45, 7) is 3.87. The molecule has 0 bridgehead atoms. The average molecular weight is 349 g/mol. The summed E-state index contributed by atoms with van der Waals surface area (Å²) in [6, 6.07) is 7.96. The Bertz CT molecular complexity index is 515. The van der Waals surface area contributed by atoms with E-state index in [4.69, 9.17) is 9.47 Å². The van der Waals surface area contributed by atoms with Gasteiger partial charge in [0, 0.05) is 26.6 Å². The Morgan fingerprint density at radius 1 is 1.08 bits per heavy atom. The van der Waals surface area contributed by atoms with Crippen LogP contribution in [0.5, 0.6) is 5.75 Å². The summed E-state index contributed by atoms with van der Waals surface area (Å²) in [5.41, 5.74) is 1.17. The molecule has 0 aliphatic heterocycles. The standard InChI is InChI=1S/C19H31N3O3/c1-4-25-18(23)9-7-5-6-8-14-21-19(20-2)22-15-16-10-12-17(24-3)13-11-16/h10-13H,4-9,14-15H2,1-3H3,(H2,20,21,22). The number of carbonyl (C=O) groups is 1. The number of rotatable bonds is 11. The fraction of sp³-hybridized carbons (Fsp3) is 0.579. The lowest BCUT2D eigenvalue weighted by Crippen LogP contribution is -2.37. The molecule has 140 valence electrons. The topological polar surface area (TPSA) is 72.0 Å². The van der Waals surface area contributed by atoms with Gasteiger partial charge in [0.25, 0.3) is 0 Å². The molecule has 6 heteroatoms. The zero-order valence-electron chi connectivity index (χ0n) is 15.6. The number of benzene rings is 1. The molecule has 0 saturated heterocycles. The Kier molecular flexibility index (Phi) is 10.9. The maximum atomic E-state index is 11.2. The lowest BCUT2D eigenvalue weighted by atomic mass is 10.1. The highest BCUT2D eigenvalue weighted by Gasteiger charge is 2.01. The molecule has 0 heterocycles. The van der Waals surface area contributed by atoms with Gasteiger partial charge in [-0.25, -0.2) is 0 Å². The van der Waals surface area contributed by atoms with Crippen LogP contribution in [0.15, 0.2) is 29.3 Å². The third-order valence-electron chi connectivity index (χ3n) is 3.75. The van der Waals surface area contributed by atoms with Crippen molar-refractivity contribution in [2.45, 2.75) is 45.6 Å². The first-order valence-corrected chi connectivity index (χ1v) is 8.92. The van der Waals surface area contributed by atoms with Crippen molar-refractivity contribution in [2.75, 3.05) is 27.3 Å². The van der Waals surface area contributed by atoms with E-state index < -0.39 is 0 Å². The molecule has 0 aliphatic carbocycles. The van der Waals surface area contributed by atoms with Crippen LogP contribution < -0.4 is 15.4 Å². The number of nitrogens with zero attached hydrogens (tertiary/aromatic N) is 1. The summed E-state index contributed by atoms with van der Waals surface area (Å²) in [4.78, 5) is 15.4. The van der Waals surface area contributed by atoms with Gasteiger partial charge in [-0.15, -0.1) is 0 Å². The van der Waals surface area contributed by atoms with E-state index in [1.165, 1.54) is 5.56 Å². The molecule has 1 aromatic rings. The second kappa shape index (κ2) is 13.1. The monoisotopic (exact) mass is 349 g/mol. The molecule has 0 amide bonds. The number of carbonyl (C=O) groups excluding carboxylic acids is 1. The van der Waals surface area contributed by atoms with Crippen LogP contribution in [-0.4, -0.2) is 39.2 Å². The van der Waals surface area contributed by atoms with Gasteiger partial charge in [0.15, 0.2) is 5.96 Å². The molecule has 25 heavy (non-hydrogen) atoms. The Morgan fingerprint density at radius 3 is 2.44 bits per heavy atom. The average Bonchev–Trinajstić information content (AvgIpc) is 2.64. The summed E-state index contributed by atoms with van der Waals surface area (Å²) in [5.74, 6) is 1.56. The summed E-state index contributed by atoms with van der Waals surface area (Å²) in [7, 11) is 3.43. The molecule has 0 spiro atoms. The van der Waals surface area contributed by atoms with Crippen molar-refractivity contribution < 1.29 is 14.3 Å². The number of hydrogen-bond donors (Lipinski definition) is 2. The van der Waals surface area contributed by atoms with Crippen LogP contribution in [0, 0.1) is 0 Å². The highest BCUT2D eigenvalue weighted by molar-refractivity contribution is 5.79. The lowest BCUT2D eigenvalue weighted by Gasteiger charge is -2.12. The second-order valence-electron chi connectivity index (χ2n) is 5.67. The molecule has 6 nitrogen and oxygen atoms in total. The van der Waals surface area contributed by atoms with E-state index in [0.717, 1.165) is 43.9 Å². The predicted octanol–water partition coefficient (Wildman–Crippen LogP) is 2.87. The van der Waals surface area contributed by atoms with E-state index in [-0.39, 0.29) is 5.97 Å². The predicted molar refractivity (Wildman–Crippen MR) is 101 cm³/mol. The summed E-state index contributed by atoms with van der Waals surface area (Å²) in [6.07, 6.45) is 4.59. The number of esters is 1. The maximum absolute atomic E-state index is 11.2. The molecule has 0 unspecified atom stereocenters. The molecule has 0 fully saturated rings. The van der Waals surface area contributed by atoms with Crippen molar-refractivity contribution in [3.63, 3.8) is 0 Å². The highest BCUT2D eigenvalue weighted by atomic mass is 16.5. The highest BCUT2D eigenvalue weighted by Crippen LogP contribution is 2.10. The molecular weight excluding hydrogens is 318 g/mol. The minimum absolute atomic E-state index is 0.0937. The summed E-state index contributed by atoms with van der Waals surface area (Å²) < 4.78 is 10.1. The molecular formula is C19H31N3O3. The van der Waals surface area contributed by atoms with E-state index in [2.05, 4.69) is 15.6 Å². The number of nitrogens with one attached hydrogen (secondary N) is 2. The number of hydrogen-bond acceptors (Lipinski definition) is 4. The molecule has 0 aliphatic rings. The number of aliphatic imine (C=N–C) groups is 1. The smallest absolute Gasteiger partial charge is 0.305 e. The molecule has 1 rings (SSSR count). The quantitative estimate of drug-likeness (QED) is 0.278. The van der Waals surface area contributed by atoms with Crippen LogP contribution >= 0.6 is 0 Å². The zero-order chi connectivity index (χ0) is 18.3. The van der Waals surface area contributed by atoms with Gasteiger partial charge < -0.3 is 20.1 Å². The van der Waals surface area contributed by atoms with Gasteiger partial charge in [0.2, 0.25) is 0 Å². The normalized spacial score (nSPS) is 11.1. The Labute approximate surface area is 151 Å². The van der Waals surface area contributed by atoms with Gasteiger partial charge in [-0.1, -0.05) is 25.0 Å². The van der Waals surface area contributed by atoms with Crippen LogP contribution in [0.2, 0.25) is 0 Å². The van der Waals surface area contributed by atoms with Gasteiger partial charge >= 0.3 is 5.97 Å². The SMILES string of the molecule is CCOC(=O)CCCCCCNC(=NC)NCc1ccc(OC)cc1. The van der Waals surface area contributed by atoms with Crippen LogP contribution in [0.3, 0.4) is 0 Å². The summed E-state index contributed by atoms with van der Waals surface area (Å²) >= 11 is 0. The fourth-order valence-corrected chi connectivity index (χ4v) is 2.34. The molecule has 0 radical (unpaired) electrons. The van der Waals surface area contributed by atoms with Crippen LogP contribution in [0.4, 0.5) is 0 Å². The number of ether oxygens (including phenoxy) is 2. The minimum Gasteiger partial charge on any atom is -0.497 e. The van der Waals surface area contributed by atoms with Gasteiger partial charge in [0.1, 0.15) is 5.75 Å². The number of unbranched alkanes of at least 4 members (excludes halogenated alkanes) is 3. The van der Waals surface area contributed by atoms with E-state index in [1.807, 2.05) is 31.2 Å². The molecule has 1 aromatic carbocycles. The van der Waals surface area contributed by atoms with Crippen molar-refractivity contribution in [1.82, 2.24) is 10.6 Å². The van der Waals surface area contributed by atoms with Crippen molar-refractivity contribution in [2.24, 2.45) is 4.99 Å². The zero-order valence-corrected chi connectivity index (χ0v) is 15.6. The molecule has 0 atom stereocenters. The van der Waals surface area contributed by atoms with Gasteiger partial charge in [-0.3, -0.25) is 9.79 Å². The van der Waals surface area contributed by atoms with Crippen LogP contribution in [-0.2, 0) is 16.1 Å². The Hall–Kier alpha value is -2.24. The first-order valence-electron chi connectivity index (χ1n) is 8.92. The third kappa shape index (κ3) is 9.59. The molecule has 2 N–H and O–H groups in total. The van der Waals surface area contributed by atoms with E-state index in [9.17, 15) is 4.79 Å². The Morgan fingerprint density at radius 2 is 1.80 bits per heavy atom. The first kappa shape index (κ1) is 20.8. The van der Waals surface area contributed by atoms with Gasteiger partial charge in [-0.2, -0.15) is 0 Å². The minimum atomic E-state index is -0.0937. The van der Waals surface area contributed by atoms with Gasteiger partial charge in [-0.05, 0) is 37.5 Å². The number of guanidine groups is 1.